The number of benzene rings is 3. The Hall–Kier alpha value is -4.98. The zero-order chi connectivity index (χ0) is 29.3. The summed E-state index contributed by atoms with van der Waals surface area (Å²) in [5.74, 6) is 0.928. The van der Waals surface area contributed by atoms with Gasteiger partial charge in [0.2, 0.25) is 5.82 Å². The molecular formula is C28H27N7O6S. The molecule has 0 saturated carbocycles. The molecule has 14 heteroatoms. The van der Waals surface area contributed by atoms with Crippen molar-refractivity contribution in [2.75, 3.05) is 31.3 Å². The molecule has 2 heterocycles. The predicted octanol–water partition coefficient (Wildman–Crippen LogP) is 4.43. The van der Waals surface area contributed by atoms with Crippen LogP contribution in [0.1, 0.15) is 22.8 Å². The fourth-order valence-electron chi connectivity index (χ4n) is 4.44. The summed E-state index contributed by atoms with van der Waals surface area (Å²) in [4.78, 5) is 32.2. The number of esters is 1. The van der Waals surface area contributed by atoms with Crippen molar-refractivity contribution in [3.05, 3.63) is 88.0 Å². The maximum absolute atomic E-state index is 13.1. The molecule has 0 fully saturated rings. The van der Waals surface area contributed by atoms with Crippen LogP contribution in [0.5, 0.6) is 6.01 Å². The number of fused-ring (bicyclic) bond motifs is 1. The van der Waals surface area contributed by atoms with Crippen LogP contribution < -0.4 is 4.74 Å². The summed E-state index contributed by atoms with van der Waals surface area (Å²) in [6, 6.07) is 21.6. The fourth-order valence-corrected chi connectivity index (χ4v) is 5.03. The quantitative estimate of drug-likeness (QED) is 0.0844. The lowest BCUT2D eigenvalue weighted by atomic mass is 9.98. The van der Waals surface area contributed by atoms with E-state index in [9.17, 15) is 14.9 Å². The molecule has 5 rings (SSSR count). The van der Waals surface area contributed by atoms with Gasteiger partial charge in [-0.2, -0.15) is 22.0 Å². The van der Waals surface area contributed by atoms with E-state index >= 15 is 0 Å². The number of nitrogens with one attached hydrogen (secondary N) is 1. The average molecular weight is 590 g/mol. The minimum absolute atomic E-state index is 0.0173. The first-order valence-corrected chi connectivity index (χ1v) is 14.3. The Kier molecular flexibility index (Phi) is 9.23. The Morgan fingerprint density at radius 2 is 1.81 bits per heavy atom. The number of imidazole rings is 1. The van der Waals surface area contributed by atoms with E-state index in [0.717, 1.165) is 22.3 Å². The molecule has 42 heavy (non-hydrogen) atoms. The Bertz CT molecular complexity index is 1660. The first-order chi connectivity index (χ1) is 20.5. The maximum Gasteiger partial charge on any atom is 0.340 e. The molecule has 3 aromatic carbocycles. The van der Waals surface area contributed by atoms with Gasteiger partial charge >= 0.3 is 5.97 Å². The van der Waals surface area contributed by atoms with Crippen LogP contribution in [0, 0.1) is 10.1 Å². The first kappa shape index (κ1) is 28.5. The van der Waals surface area contributed by atoms with E-state index in [1.807, 2.05) is 66.1 Å². The second-order valence-electron chi connectivity index (χ2n) is 8.87. The Morgan fingerprint density at radius 1 is 1.02 bits per heavy atom. The third kappa shape index (κ3) is 6.66. The second-order valence-corrected chi connectivity index (χ2v) is 10.1. The van der Waals surface area contributed by atoms with Crippen molar-refractivity contribution in [3.63, 3.8) is 0 Å². The van der Waals surface area contributed by atoms with Gasteiger partial charge in [-0.25, -0.2) is 4.79 Å². The molecular weight excluding hydrogens is 562 g/mol. The molecule has 0 unspecified atom stereocenters. The zero-order valence-electron chi connectivity index (χ0n) is 22.6. The van der Waals surface area contributed by atoms with Crippen LogP contribution in [0.2, 0.25) is 0 Å². The van der Waals surface area contributed by atoms with Gasteiger partial charge in [0.05, 0.1) is 29.7 Å². The van der Waals surface area contributed by atoms with Crippen LogP contribution in [-0.4, -0.2) is 72.6 Å². The van der Waals surface area contributed by atoms with Crippen molar-refractivity contribution >= 4 is 28.8 Å². The van der Waals surface area contributed by atoms with Crippen LogP contribution in [-0.2, 0) is 16.1 Å². The number of nitrogens with zero attached hydrogens (tertiary/aromatic N) is 6. The predicted molar refractivity (Wildman–Crippen MR) is 156 cm³/mol. The van der Waals surface area contributed by atoms with Gasteiger partial charge in [0.15, 0.2) is 0 Å². The normalized spacial score (nSPS) is 11.0. The highest BCUT2D eigenvalue weighted by atomic mass is 32.2. The molecule has 5 aromatic rings. The SMILES string of the molecule is CCOc1nc2cccc(C(=O)OCCSCCO[N+](=O)[O-])c2n1Cc1ccc(-c2ccccc2-c2nn[nH]n2)cc1. The van der Waals surface area contributed by atoms with Crippen molar-refractivity contribution in [2.45, 2.75) is 13.5 Å². The molecule has 1 N–H and O–H groups in total. The molecule has 0 atom stereocenters. The van der Waals surface area contributed by atoms with Crippen LogP contribution in [0.4, 0.5) is 0 Å². The Labute approximate surface area is 244 Å². The summed E-state index contributed by atoms with van der Waals surface area (Å²) in [7, 11) is 0. The van der Waals surface area contributed by atoms with Crippen LogP contribution in [0.15, 0.2) is 66.7 Å². The molecule has 0 amide bonds. The van der Waals surface area contributed by atoms with E-state index in [1.165, 1.54) is 11.8 Å². The van der Waals surface area contributed by atoms with Gasteiger partial charge in [-0.05, 0) is 41.0 Å². The largest absolute Gasteiger partial charge is 0.465 e. The van der Waals surface area contributed by atoms with Gasteiger partial charge in [-0.15, -0.1) is 20.3 Å². The van der Waals surface area contributed by atoms with Crippen molar-refractivity contribution in [1.82, 2.24) is 30.2 Å². The second kappa shape index (κ2) is 13.6. The molecule has 13 nitrogen and oxygen atoms in total. The number of aromatic nitrogens is 6. The first-order valence-electron chi connectivity index (χ1n) is 13.1. The number of ether oxygens (including phenoxy) is 2. The number of aromatic amines is 1. The number of para-hydroxylation sites is 1. The maximum atomic E-state index is 13.1. The number of hydrogen-bond acceptors (Lipinski definition) is 11. The van der Waals surface area contributed by atoms with E-state index < -0.39 is 11.1 Å². The molecule has 0 aliphatic carbocycles. The standard InChI is InChI=1S/C28H27N7O6S/c1-2-39-28-29-24-9-5-8-23(27(36)40-14-16-42-17-15-41-35(37)38)25(24)34(28)18-19-10-12-20(13-11-19)21-6-3-4-7-22(21)26-30-32-33-31-26/h3-13H,2,14-18H2,1H3,(H,30,31,32,33). The third-order valence-electron chi connectivity index (χ3n) is 6.23. The van der Waals surface area contributed by atoms with E-state index in [4.69, 9.17) is 9.47 Å². The van der Waals surface area contributed by atoms with Gasteiger partial charge in [-0.1, -0.05) is 54.6 Å². The number of carbonyl (C=O) groups excluding carboxylic acids is 1. The van der Waals surface area contributed by atoms with E-state index in [2.05, 4.69) is 30.4 Å². The summed E-state index contributed by atoms with van der Waals surface area (Å²) in [6.07, 6.45) is 0. The molecule has 0 spiro atoms. The van der Waals surface area contributed by atoms with Gasteiger partial charge in [-0.3, -0.25) is 4.57 Å². The molecule has 0 bridgehead atoms. The monoisotopic (exact) mass is 589 g/mol. The van der Waals surface area contributed by atoms with Crippen LogP contribution in [0.3, 0.4) is 0 Å². The third-order valence-corrected chi connectivity index (χ3v) is 7.14. The number of hydrogen-bond donors (Lipinski definition) is 1. The average Bonchev–Trinajstić information content (AvgIpc) is 3.66. The van der Waals surface area contributed by atoms with E-state index in [1.54, 1.807) is 12.1 Å². The summed E-state index contributed by atoms with van der Waals surface area (Å²) in [5.41, 5.74) is 5.42. The minimum atomic E-state index is -0.827. The van der Waals surface area contributed by atoms with Crippen molar-refractivity contribution in [2.24, 2.45) is 0 Å². The van der Waals surface area contributed by atoms with Gasteiger partial charge in [0.25, 0.3) is 11.1 Å². The highest BCUT2D eigenvalue weighted by molar-refractivity contribution is 7.99. The lowest BCUT2D eigenvalue weighted by Crippen LogP contribution is -2.12. The molecule has 2 aromatic heterocycles. The van der Waals surface area contributed by atoms with Crippen molar-refractivity contribution < 1.29 is 24.2 Å². The highest BCUT2D eigenvalue weighted by Crippen LogP contribution is 2.31. The molecule has 0 aliphatic heterocycles. The topological polar surface area (TPSA) is 160 Å². The van der Waals surface area contributed by atoms with Crippen molar-refractivity contribution in [1.29, 1.82) is 0 Å². The fraction of sp³-hybridized carbons (Fsp3) is 0.250. The lowest BCUT2D eigenvalue weighted by molar-refractivity contribution is -0.756. The summed E-state index contributed by atoms with van der Waals surface area (Å²) in [5, 5.41) is 23.8. The van der Waals surface area contributed by atoms with Crippen LogP contribution >= 0.6 is 11.8 Å². The summed E-state index contributed by atoms with van der Waals surface area (Å²) >= 11 is 1.40. The van der Waals surface area contributed by atoms with Crippen LogP contribution in [0.25, 0.3) is 33.5 Å². The molecule has 0 saturated heterocycles. The molecule has 0 aliphatic rings. The number of tetrazole rings is 1. The van der Waals surface area contributed by atoms with Gasteiger partial charge in [0.1, 0.15) is 13.2 Å². The summed E-state index contributed by atoms with van der Waals surface area (Å²) < 4.78 is 13.2. The van der Waals surface area contributed by atoms with Gasteiger partial charge < -0.3 is 14.3 Å². The number of thioether (sulfide) groups is 1. The zero-order valence-corrected chi connectivity index (χ0v) is 23.5. The number of carbonyl (C=O) groups is 1. The number of rotatable bonds is 14. The van der Waals surface area contributed by atoms with E-state index in [0.29, 0.717) is 53.1 Å². The molecule has 0 radical (unpaired) electrons. The lowest BCUT2D eigenvalue weighted by Gasteiger charge is -2.13. The highest BCUT2D eigenvalue weighted by Gasteiger charge is 2.20. The van der Waals surface area contributed by atoms with Crippen molar-refractivity contribution in [3.8, 4) is 28.5 Å². The molecule has 216 valence electrons. The number of H-pyrrole nitrogens is 1. The Morgan fingerprint density at radius 3 is 2.55 bits per heavy atom. The Balaban J connectivity index is 1.35. The van der Waals surface area contributed by atoms with E-state index in [-0.39, 0.29) is 13.2 Å². The summed E-state index contributed by atoms with van der Waals surface area (Å²) in [6.45, 7) is 2.83. The van der Waals surface area contributed by atoms with Gasteiger partial charge in [0, 0.05) is 17.1 Å². The minimum Gasteiger partial charge on any atom is -0.465 e. The smallest absolute Gasteiger partial charge is 0.340 e.